The highest BCUT2D eigenvalue weighted by Crippen LogP contribution is 2.31. The van der Waals surface area contributed by atoms with E-state index in [0.717, 1.165) is 30.5 Å². The molecule has 0 spiro atoms. The molecule has 0 saturated carbocycles. The maximum absolute atomic E-state index is 13.4. The van der Waals surface area contributed by atoms with Crippen molar-refractivity contribution in [3.8, 4) is 5.75 Å². The second-order valence-corrected chi connectivity index (χ2v) is 9.27. The fourth-order valence-corrected chi connectivity index (χ4v) is 4.03. The van der Waals surface area contributed by atoms with Crippen molar-refractivity contribution >= 4 is 12.0 Å². The molecule has 1 aliphatic heterocycles. The molecule has 0 aliphatic carbocycles. The molecule has 0 aromatic heterocycles. The van der Waals surface area contributed by atoms with Crippen LogP contribution in [-0.2, 0) is 11.3 Å². The van der Waals surface area contributed by atoms with Crippen molar-refractivity contribution in [2.75, 3.05) is 13.1 Å². The van der Waals surface area contributed by atoms with Gasteiger partial charge in [-0.2, -0.15) is 0 Å². The number of hydrogen-bond acceptors (Lipinski definition) is 3. The van der Waals surface area contributed by atoms with Gasteiger partial charge in [0.1, 0.15) is 5.75 Å². The lowest BCUT2D eigenvalue weighted by molar-refractivity contribution is -0.152. The van der Waals surface area contributed by atoms with Crippen LogP contribution < -0.4 is 4.74 Å². The highest BCUT2D eigenvalue weighted by molar-refractivity contribution is 5.77. The molecule has 0 radical (unpaired) electrons. The maximum Gasteiger partial charge on any atom is 0.347 e. The molecule has 1 saturated heterocycles. The summed E-state index contributed by atoms with van der Waals surface area (Å²) in [5.74, 6) is -0.286. The molecular formula is C26H34N2O4. The van der Waals surface area contributed by atoms with E-state index in [1.807, 2.05) is 72.2 Å². The first-order chi connectivity index (χ1) is 15.2. The zero-order valence-corrected chi connectivity index (χ0v) is 19.5. The van der Waals surface area contributed by atoms with E-state index in [-0.39, 0.29) is 18.0 Å². The van der Waals surface area contributed by atoms with Gasteiger partial charge < -0.3 is 19.6 Å². The number of nitrogens with zero attached hydrogens (tertiary/aromatic N) is 2. The van der Waals surface area contributed by atoms with Crippen LogP contribution >= 0.6 is 0 Å². The first-order valence-electron chi connectivity index (χ1n) is 11.3. The number of hydrogen-bond donors (Lipinski definition) is 1. The number of rotatable bonds is 7. The van der Waals surface area contributed by atoms with Crippen LogP contribution in [0.1, 0.15) is 57.6 Å². The van der Waals surface area contributed by atoms with Crippen LogP contribution in [0, 0.1) is 0 Å². The smallest absolute Gasteiger partial charge is 0.347 e. The van der Waals surface area contributed by atoms with Gasteiger partial charge in [0.25, 0.3) is 0 Å². The molecule has 6 heteroatoms. The van der Waals surface area contributed by atoms with E-state index in [1.165, 1.54) is 13.8 Å². The van der Waals surface area contributed by atoms with Gasteiger partial charge in [0.2, 0.25) is 0 Å². The van der Waals surface area contributed by atoms with Crippen molar-refractivity contribution in [3.63, 3.8) is 0 Å². The lowest BCUT2D eigenvalue weighted by Crippen LogP contribution is -2.49. The first kappa shape index (κ1) is 23.6. The molecule has 2 amide bonds. The summed E-state index contributed by atoms with van der Waals surface area (Å²) in [6.45, 7) is 9.15. The Hall–Kier alpha value is -3.02. The normalized spacial score (nSPS) is 16.7. The molecule has 0 bridgehead atoms. The summed E-state index contributed by atoms with van der Waals surface area (Å²) in [5.41, 5.74) is 0.886. The molecule has 32 heavy (non-hydrogen) atoms. The molecule has 1 heterocycles. The zero-order valence-electron chi connectivity index (χ0n) is 19.5. The minimum atomic E-state index is -1.30. The van der Waals surface area contributed by atoms with Crippen LogP contribution in [-0.4, -0.2) is 51.6 Å². The average molecular weight is 439 g/mol. The van der Waals surface area contributed by atoms with E-state index in [2.05, 4.69) is 0 Å². The summed E-state index contributed by atoms with van der Waals surface area (Å²) in [5, 5.41) is 9.35. The summed E-state index contributed by atoms with van der Waals surface area (Å²) < 4.78 is 5.72. The number of amides is 2. The lowest BCUT2D eigenvalue weighted by atomic mass is 9.90. The van der Waals surface area contributed by atoms with Gasteiger partial charge in [-0.15, -0.1) is 0 Å². The third-order valence-electron chi connectivity index (χ3n) is 5.97. The molecule has 1 N–H and O–H groups in total. The number of piperidine rings is 1. The van der Waals surface area contributed by atoms with Crippen molar-refractivity contribution < 1.29 is 19.4 Å². The number of urea groups is 1. The largest absolute Gasteiger partial charge is 0.478 e. The Morgan fingerprint density at radius 1 is 1.16 bits per heavy atom. The van der Waals surface area contributed by atoms with Crippen LogP contribution in [0.5, 0.6) is 5.75 Å². The molecule has 2 aromatic rings. The number of carboxylic acid groups (broad SMARTS) is 1. The molecule has 3 rings (SSSR count). The van der Waals surface area contributed by atoms with Gasteiger partial charge in [0, 0.05) is 31.6 Å². The quantitative estimate of drug-likeness (QED) is 0.650. The third-order valence-corrected chi connectivity index (χ3v) is 5.97. The minimum Gasteiger partial charge on any atom is -0.478 e. The topological polar surface area (TPSA) is 70.1 Å². The number of benzene rings is 2. The van der Waals surface area contributed by atoms with E-state index < -0.39 is 11.6 Å². The average Bonchev–Trinajstić information content (AvgIpc) is 2.77. The van der Waals surface area contributed by atoms with Gasteiger partial charge in [-0.25, -0.2) is 9.59 Å². The molecular weight excluding hydrogens is 404 g/mol. The minimum absolute atomic E-state index is 0.0629. The Labute approximate surface area is 190 Å². The third kappa shape index (κ3) is 5.81. The first-order valence-corrected chi connectivity index (χ1v) is 11.3. The van der Waals surface area contributed by atoms with Gasteiger partial charge >= 0.3 is 12.0 Å². The second-order valence-electron chi connectivity index (χ2n) is 9.27. The monoisotopic (exact) mass is 438 g/mol. The Bertz CT molecular complexity index is 926. The summed E-state index contributed by atoms with van der Waals surface area (Å²) in [4.78, 5) is 28.7. The highest BCUT2D eigenvalue weighted by atomic mass is 16.5. The maximum atomic E-state index is 13.4. The summed E-state index contributed by atoms with van der Waals surface area (Å²) in [6.07, 6.45) is 1.91. The van der Waals surface area contributed by atoms with Crippen LogP contribution in [0.25, 0.3) is 0 Å². The molecule has 1 atom stereocenters. The highest BCUT2D eigenvalue weighted by Gasteiger charge is 2.31. The van der Waals surface area contributed by atoms with Crippen LogP contribution in [0.15, 0.2) is 54.6 Å². The van der Waals surface area contributed by atoms with Crippen LogP contribution in [0.3, 0.4) is 0 Å². The van der Waals surface area contributed by atoms with Crippen LogP contribution in [0.2, 0.25) is 0 Å². The summed E-state index contributed by atoms with van der Waals surface area (Å²) in [6, 6.07) is 17.8. The number of likely N-dealkylation sites (tertiary alicyclic amines) is 1. The van der Waals surface area contributed by atoms with Crippen molar-refractivity contribution in [2.24, 2.45) is 0 Å². The van der Waals surface area contributed by atoms with Crippen molar-refractivity contribution in [1.29, 1.82) is 0 Å². The molecule has 1 unspecified atom stereocenters. The molecule has 1 aliphatic rings. The lowest BCUT2D eigenvalue weighted by Gasteiger charge is -2.38. The number of ether oxygens (including phenoxy) is 1. The standard InChI is InChI=1S/C26H34N2O4/c1-19(2)28(17-20-10-6-5-7-11-20)25(31)27-15-9-13-22(18-27)21-12-8-14-23(16-21)32-26(3,4)24(29)30/h5-8,10-12,14,16,19,22H,9,13,15,17-18H2,1-4H3,(H,29,30). The van der Waals surface area contributed by atoms with Crippen molar-refractivity contribution in [2.45, 2.75) is 64.6 Å². The molecule has 2 aromatic carbocycles. The van der Waals surface area contributed by atoms with E-state index in [0.29, 0.717) is 18.8 Å². The van der Waals surface area contributed by atoms with Gasteiger partial charge in [-0.3, -0.25) is 0 Å². The Morgan fingerprint density at radius 2 is 1.88 bits per heavy atom. The van der Waals surface area contributed by atoms with Gasteiger partial charge in [0.05, 0.1) is 0 Å². The number of aliphatic carboxylic acids is 1. The zero-order chi connectivity index (χ0) is 23.3. The Morgan fingerprint density at radius 3 is 2.53 bits per heavy atom. The summed E-state index contributed by atoms with van der Waals surface area (Å²) >= 11 is 0. The number of carboxylic acids is 1. The fourth-order valence-electron chi connectivity index (χ4n) is 4.03. The van der Waals surface area contributed by atoms with E-state index in [4.69, 9.17) is 4.74 Å². The van der Waals surface area contributed by atoms with Gasteiger partial charge in [-0.1, -0.05) is 42.5 Å². The predicted molar refractivity (Wildman–Crippen MR) is 125 cm³/mol. The molecule has 6 nitrogen and oxygen atoms in total. The number of carbonyl (C=O) groups is 2. The van der Waals surface area contributed by atoms with E-state index >= 15 is 0 Å². The van der Waals surface area contributed by atoms with Gasteiger partial charge in [-0.05, 0) is 63.8 Å². The molecule has 172 valence electrons. The number of carbonyl (C=O) groups excluding carboxylic acids is 1. The SMILES string of the molecule is CC(C)N(Cc1ccccc1)C(=O)N1CCCC(c2cccc(OC(C)(C)C(=O)O)c2)C1. The van der Waals surface area contributed by atoms with Crippen LogP contribution in [0.4, 0.5) is 4.79 Å². The van der Waals surface area contributed by atoms with Crippen molar-refractivity contribution in [3.05, 3.63) is 65.7 Å². The second kappa shape index (κ2) is 10.1. The fraction of sp³-hybridized carbons (Fsp3) is 0.462. The summed E-state index contributed by atoms with van der Waals surface area (Å²) in [7, 11) is 0. The van der Waals surface area contributed by atoms with E-state index in [9.17, 15) is 14.7 Å². The molecule has 1 fully saturated rings. The predicted octanol–water partition coefficient (Wildman–Crippen LogP) is 5.14. The Kier molecular flexibility index (Phi) is 7.44. The van der Waals surface area contributed by atoms with Crippen molar-refractivity contribution in [1.82, 2.24) is 9.80 Å². The van der Waals surface area contributed by atoms with Gasteiger partial charge in [0.15, 0.2) is 5.60 Å². The van der Waals surface area contributed by atoms with E-state index in [1.54, 1.807) is 6.07 Å². The Balaban J connectivity index is 1.72.